The van der Waals surface area contributed by atoms with Crippen molar-refractivity contribution in [2.24, 2.45) is 76.9 Å². The topological polar surface area (TPSA) is 140 Å². The third-order valence-electron chi connectivity index (χ3n) is 25.8. The molecule has 6 bridgehead atoms. The SMILES string of the molecule is CCC(C)c1ccc(O)cc1.CCC(C)c1ccc(O)cc1.CCC(C)c1ccc(O)cc1.CCC(C)c1ccc(OC(=O)C2CC3CC2C2CCCC32)cc1.CCC(C)c1ccc(OC(=O)C2CC3CC2C2CCCCC32)cc1.CCC(C)c1ccc(OC(=O)C2CC3CCC2C3)cc1. The number of benzene rings is 6. The van der Waals surface area contributed by atoms with Crippen molar-refractivity contribution in [3.8, 4) is 34.5 Å². The second-order valence-electron chi connectivity index (χ2n) is 31.8. The van der Waals surface area contributed by atoms with Crippen molar-refractivity contribution in [1.29, 1.82) is 0 Å². The lowest BCUT2D eigenvalue weighted by atomic mass is 9.67. The van der Waals surface area contributed by atoms with Gasteiger partial charge >= 0.3 is 17.9 Å². The van der Waals surface area contributed by atoms with Crippen molar-refractivity contribution in [1.82, 2.24) is 0 Å². The van der Waals surface area contributed by atoms with Gasteiger partial charge in [-0.05, 0) is 310 Å². The van der Waals surface area contributed by atoms with E-state index >= 15 is 0 Å². The van der Waals surface area contributed by atoms with Gasteiger partial charge in [-0.3, -0.25) is 14.4 Å². The molecule has 8 saturated carbocycles. The van der Waals surface area contributed by atoms with E-state index in [4.69, 9.17) is 29.5 Å². The Bertz CT molecular complexity index is 3310. The molecule has 8 aliphatic rings. The Kier molecular flexibility index (Phi) is 28.9. The van der Waals surface area contributed by atoms with Gasteiger partial charge in [-0.2, -0.15) is 0 Å². The Morgan fingerprint density at radius 3 is 0.850 bits per heavy atom. The number of rotatable bonds is 18. The Labute approximate surface area is 602 Å². The second kappa shape index (κ2) is 37.3. The number of aromatic hydroxyl groups is 3. The highest BCUT2D eigenvalue weighted by Gasteiger charge is 2.57. The van der Waals surface area contributed by atoms with Crippen LogP contribution in [-0.2, 0) is 14.4 Å². The maximum absolute atomic E-state index is 12.7. The number of phenolic OH excluding ortho intramolecular Hbond substituents is 3. The summed E-state index contributed by atoms with van der Waals surface area (Å²) in [5, 5.41) is 27.0. The molecule has 8 aliphatic carbocycles. The number of fused-ring (bicyclic) bond motifs is 12. The summed E-state index contributed by atoms with van der Waals surface area (Å²) in [6.07, 6.45) is 26.0. The minimum Gasteiger partial charge on any atom is -0.508 e. The van der Waals surface area contributed by atoms with E-state index in [1.807, 2.05) is 72.8 Å². The van der Waals surface area contributed by atoms with Gasteiger partial charge in [-0.15, -0.1) is 0 Å². The Morgan fingerprint density at radius 1 is 0.300 bits per heavy atom. The van der Waals surface area contributed by atoms with Gasteiger partial charge in [0.15, 0.2) is 0 Å². The first-order chi connectivity index (χ1) is 48.2. The van der Waals surface area contributed by atoms with Crippen LogP contribution in [0.4, 0.5) is 0 Å². The number of ether oxygens (including phenoxy) is 3. The van der Waals surface area contributed by atoms with Gasteiger partial charge in [0.1, 0.15) is 34.5 Å². The molecule has 0 spiro atoms. The molecule has 19 unspecified atom stereocenters. The van der Waals surface area contributed by atoms with Crippen molar-refractivity contribution in [3.63, 3.8) is 0 Å². The molecule has 0 aliphatic heterocycles. The molecule has 3 N–H and O–H groups in total. The standard InChI is InChI=1S/C22H30O2.C21H28O2.C18H24O2.3C10H14O/c1-3-14(2)15-8-10-17(11-9-15)24-22(23)21-13-16-12-20(21)19-7-5-4-6-18(16)19;1-3-13(2)14-7-9-16(10-8-14)23-21(22)20-12-15-11-19(20)18-6-4-5-17(15)18;1-3-12(2)14-6-8-16(9-7-14)20-18(19)17-11-13-4-5-15(17)10-13;3*1-3-8(2)9-4-6-10(11)7-5-9/h8-11,14,16,18-21H,3-7,12-13H2,1-2H3;7-10,13,15,17-20H,3-6,11-12H2,1-2H3;6-9,12-13,15,17H,3-5,10-11H2,1-2H3;3*4-8,11H,3H2,1-2H3. The van der Waals surface area contributed by atoms with E-state index in [9.17, 15) is 14.4 Å². The summed E-state index contributed by atoms with van der Waals surface area (Å²) in [5.41, 5.74) is 7.84. The molecule has 14 rings (SSSR count). The largest absolute Gasteiger partial charge is 0.508 e. The maximum atomic E-state index is 12.7. The molecule has 6 aromatic carbocycles. The lowest BCUT2D eigenvalue weighted by molar-refractivity contribution is -0.143. The molecule has 9 nitrogen and oxygen atoms in total. The lowest BCUT2D eigenvalue weighted by Crippen LogP contribution is -2.35. The highest BCUT2D eigenvalue weighted by molar-refractivity contribution is 5.77. The van der Waals surface area contributed by atoms with E-state index in [2.05, 4.69) is 119 Å². The molecule has 100 heavy (non-hydrogen) atoms. The van der Waals surface area contributed by atoms with E-state index in [0.29, 0.717) is 82.0 Å². The molecule has 0 aromatic heterocycles. The maximum Gasteiger partial charge on any atom is 0.314 e. The van der Waals surface area contributed by atoms with Gasteiger partial charge in [-0.1, -0.05) is 182 Å². The van der Waals surface area contributed by atoms with Crippen LogP contribution >= 0.6 is 0 Å². The molecule has 0 heterocycles. The van der Waals surface area contributed by atoms with Crippen LogP contribution in [0.5, 0.6) is 34.5 Å². The molecule has 19 atom stereocenters. The number of hydrogen-bond acceptors (Lipinski definition) is 9. The number of carbonyl (C=O) groups is 3. The van der Waals surface area contributed by atoms with Crippen LogP contribution in [0.15, 0.2) is 146 Å². The third kappa shape index (κ3) is 20.3. The Hall–Kier alpha value is -6.87. The summed E-state index contributed by atoms with van der Waals surface area (Å²) in [5.74, 6) is 14.8. The molecular formula is C91H124O9. The summed E-state index contributed by atoms with van der Waals surface area (Å²) in [6, 6.07) is 46.6. The monoisotopic (exact) mass is 1360 g/mol. The fourth-order valence-corrected chi connectivity index (χ4v) is 18.4. The van der Waals surface area contributed by atoms with Gasteiger partial charge in [0.05, 0.1) is 17.8 Å². The smallest absolute Gasteiger partial charge is 0.314 e. The fourth-order valence-electron chi connectivity index (χ4n) is 18.4. The van der Waals surface area contributed by atoms with Crippen molar-refractivity contribution in [2.45, 2.75) is 253 Å². The molecule has 8 fully saturated rings. The van der Waals surface area contributed by atoms with E-state index in [-0.39, 0.29) is 35.7 Å². The van der Waals surface area contributed by atoms with Crippen LogP contribution < -0.4 is 14.2 Å². The summed E-state index contributed by atoms with van der Waals surface area (Å²) in [7, 11) is 0. The molecule has 6 aromatic rings. The van der Waals surface area contributed by atoms with E-state index in [1.165, 1.54) is 110 Å². The highest BCUT2D eigenvalue weighted by atomic mass is 16.5. The quantitative estimate of drug-likeness (QED) is 0.0567. The van der Waals surface area contributed by atoms with Crippen LogP contribution in [0.25, 0.3) is 0 Å². The number of hydrogen-bond donors (Lipinski definition) is 3. The van der Waals surface area contributed by atoms with E-state index in [0.717, 1.165) is 105 Å². The first kappa shape index (κ1) is 77.3. The van der Waals surface area contributed by atoms with Crippen molar-refractivity contribution >= 4 is 17.9 Å². The fraction of sp³-hybridized carbons (Fsp3) is 0.571. The number of esters is 3. The van der Waals surface area contributed by atoms with E-state index < -0.39 is 0 Å². The molecule has 9 heteroatoms. The lowest BCUT2D eigenvalue weighted by Gasteiger charge is -2.38. The second-order valence-corrected chi connectivity index (χ2v) is 31.8. The van der Waals surface area contributed by atoms with Gasteiger partial charge < -0.3 is 29.5 Å². The molecule has 0 amide bonds. The summed E-state index contributed by atoms with van der Waals surface area (Å²) in [6.45, 7) is 26.3. The summed E-state index contributed by atoms with van der Waals surface area (Å²) < 4.78 is 17.1. The van der Waals surface area contributed by atoms with Crippen molar-refractivity contribution in [3.05, 3.63) is 179 Å². The van der Waals surface area contributed by atoms with Crippen LogP contribution in [0.3, 0.4) is 0 Å². The van der Waals surface area contributed by atoms with Crippen LogP contribution in [0, 0.1) is 76.9 Å². The van der Waals surface area contributed by atoms with E-state index in [1.54, 1.807) is 36.4 Å². The summed E-state index contributed by atoms with van der Waals surface area (Å²) in [4.78, 5) is 37.6. The minimum atomic E-state index is -0.00603. The predicted octanol–water partition coefficient (Wildman–Crippen LogP) is 24.0. The molecule has 0 saturated heterocycles. The zero-order valence-electron chi connectivity index (χ0n) is 63.0. The zero-order chi connectivity index (χ0) is 71.6. The first-order valence-electron chi connectivity index (χ1n) is 39.5. The predicted molar refractivity (Wildman–Crippen MR) is 407 cm³/mol. The third-order valence-corrected chi connectivity index (χ3v) is 25.8. The van der Waals surface area contributed by atoms with Crippen LogP contribution in [-0.4, -0.2) is 33.2 Å². The highest BCUT2D eigenvalue weighted by Crippen LogP contribution is 2.62. The molecule has 542 valence electrons. The van der Waals surface area contributed by atoms with Gasteiger partial charge in [0.25, 0.3) is 0 Å². The van der Waals surface area contributed by atoms with Gasteiger partial charge in [0.2, 0.25) is 0 Å². The first-order valence-corrected chi connectivity index (χ1v) is 39.5. The minimum absolute atomic E-state index is 0.00603. The summed E-state index contributed by atoms with van der Waals surface area (Å²) >= 11 is 0. The normalized spacial score (nSPS) is 26.9. The van der Waals surface area contributed by atoms with Gasteiger partial charge in [0, 0.05) is 0 Å². The average Bonchev–Trinajstić information content (AvgIpc) is 1.60. The average molecular weight is 1360 g/mol. The van der Waals surface area contributed by atoms with Gasteiger partial charge in [-0.25, -0.2) is 0 Å². The zero-order valence-corrected chi connectivity index (χ0v) is 63.0. The van der Waals surface area contributed by atoms with Crippen molar-refractivity contribution in [2.75, 3.05) is 0 Å². The van der Waals surface area contributed by atoms with Crippen LogP contribution in [0.1, 0.15) is 287 Å². The molecular weight excluding hydrogens is 1240 g/mol. The number of carbonyl (C=O) groups excluding carboxylic acids is 3. The molecule has 0 radical (unpaired) electrons. The van der Waals surface area contributed by atoms with Crippen LogP contribution in [0.2, 0.25) is 0 Å². The van der Waals surface area contributed by atoms with Crippen molar-refractivity contribution < 1.29 is 43.9 Å². The Balaban J connectivity index is 0.000000145. The number of phenols is 3. The Morgan fingerprint density at radius 2 is 0.570 bits per heavy atom.